The fourth-order valence-corrected chi connectivity index (χ4v) is 0.736. The highest BCUT2D eigenvalue weighted by Crippen LogP contribution is 1.98. The molecule has 12 heavy (non-hydrogen) atoms. The Morgan fingerprint density at radius 1 is 1.75 bits per heavy atom. The summed E-state index contributed by atoms with van der Waals surface area (Å²) >= 11 is 0. The Morgan fingerprint density at radius 2 is 2.33 bits per heavy atom. The van der Waals surface area contributed by atoms with Gasteiger partial charge in [0.2, 0.25) is 0 Å². The number of rotatable bonds is 5. The second kappa shape index (κ2) is 5.70. The third kappa shape index (κ3) is 3.47. The van der Waals surface area contributed by atoms with Gasteiger partial charge in [0.05, 0.1) is 0 Å². The lowest BCUT2D eigenvalue weighted by Crippen LogP contribution is -2.50. The summed E-state index contributed by atoms with van der Waals surface area (Å²) in [5.41, 5.74) is 0. The Labute approximate surface area is 71.9 Å². The van der Waals surface area contributed by atoms with E-state index in [0.29, 0.717) is 6.42 Å². The number of carbonyl (C=O) groups is 1. The van der Waals surface area contributed by atoms with Gasteiger partial charge in [0.15, 0.2) is 0 Å². The number of nitrogens with two attached hydrogens (primary N) is 2. The van der Waals surface area contributed by atoms with E-state index in [1.54, 1.807) is 6.92 Å². The maximum absolute atomic E-state index is 11.1. The van der Waals surface area contributed by atoms with Crippen molar-refractivity contribution in [3.8, 4) is 0 Å². The molecule has 0 spiro atoms. The van der Waals surface area contributed by atoms with Crippen molar-refractivity contribution in [3.63, 3.8) is 0 Å². The Balaban J connectivity index is 3.94. The third-order valence-corrected chi connectivity index (χ3v) is 1.36. The lowest BCUT2D eigenvalue weighted by atomic mass is 10.2. The van der Waals surface area contributed by atoms with Crippen LogP contribution in [0, 0.1) is 0 Å². The molecule has 4 N–H and O–H groups in total. The van der Waals surface area contributed by atoms with Gasteiger partial charge in [0.25, 0.3) is 0 Å². The molecule has 0 saturated carbocycles. The van der Waals surface area contributed by atoms with Crippen LogP contribution in [0.4, 0.5) is 0 Å². The monoisotopic (exact) mass is 173 g/mol. The smallest absolute Gasteiger partial charge is 0.326 e. The molecule has 0 amide bonds. The number of carbonyl (C=O) groups excluding carboxylic acids is 1. The molecular formula is C7H15N3O2. The molecule has 0 bridgehead atoms. The zero-order chi connectivity index (χ0) is 9.56. The lowest BCUT2D eigenvalue weighted by Gasteiger charge is -2.19. The minimum absolute atomic E-state index is 0.184. The summed E-state index contributed by atoms with van der Waals surface area (Å²) in [6, 6.07) is -0.579. The SMILES string of the molecule is C=CCOC(=O)C(CC)N(N)N. The van der Waals surface area contributed by atoms with Crippen LogP contribution in [0.5, 0.6) is 0 Å². The van der Waals surface area contributed by atoms with E-state index in [2.05, 4.69) is 6.58 Å². The van der Waals surface area contributed by atoms with Crippen LogP contribution < -0.4 is 11.7 Å². The van der Waals surface area contributed by atoms with Gasteiger partial charge >= 0.3 is 5.97 Å². The number of hydrogen-bond donors (Lipinski definition) is 2. The second-order valence-corrected chi connectivity index (χ2v) is 2.29. The van der Waals surface area contributed by atoms with Gasteiger partial charge in [0.1, 0.15) is 12.6 Å². The molecule has 0 aromatic rings. The summed E-state index contributed by atoms with van der Waals surface area (Å²) in [5, 5.41) is 0.853. The summed E-state index contributed by atoms with van der Waals surface area (Å²) in [6.07, 6.45) is 2.00. The Hall–Kier alpha value is -0.910. The summed E-state index contributed by atoms with van der Waals surface area (Å²) in [6.45, 7) is 5.39. The molecule has 0 aliphatic rings. The molecule has 0 aliphatic heterocycles. The predicted molar refractivity (Wildman–Crippen MR) is 45.4 cm³/mol. The maximum atomic E-state index is 11.1. The molecular weight excluding hydrogens is 158 g/mol. The average Bonchev–Trinajstić information content (AvgIpc) is 2.01. The molecule has 5 nitrogen and oxygen atoms in total. The number of hydrogen-bond acceptors (Lipinski definition) is 5. The van der Waals surface area contributed by atoms with E-state index in [1.807, 2.05) is 0 Å². The zero-order valence-corrected chi connectivity index (χ0v) is 7.19. The van der Waals surface area contributed by atoms with Crippen LogP contribution in [-0.4, -0.2) is 23.7 Å². The molecule has 0 aliphatic carbocycles. The van der Waals surface area contributed by atoms with Crippen LogP contribution >= 0.6 is 0 Å². The Bertz CT molecular complexity index is 159. The second-order valence-electron chi connectivity index (χ2n) is 2.29. The van der Waals surface area contributed by atoms with Crippen LogP contribution in [0.3, 0.4) is 0 Å². The minimum atomic E-state index is -0.579. The van der Waals surface area contributed by atoms with Gasteiger partial charge < -0.3 is 4.74 Å². The maximum Gasteiger partial charge on any atom is 0.326 e. The predicted octanol–water partition coefficient (Wildman–Crippen LogP) is -0.456. The molecule has 5 heteroatoms. The van der Waals surface area contributed by atoms with Crippen molar-refractivity contribution in [2.45, 2.75) is 19.4 Å². The standard InChI is InChI=1S/C7H15N3O2/c1-3-5-12-7(11)6(4-2)10(8)9/h3,6H,1,4-5,8-9H2,2H3. The van der Waals surface area contributed by atoms with Gasteiger partial charge in [-0.05, 0) is 6.42 Å². The largest absolute Gasteiger partial charge is 0.460 e. The highest BCUT2D eigenvalue weighted by Gasteiger charge is 2.20. The quantitative estimate of drug-likeness (QED) is 0.254. The molecule has 0 heterocycles. The molecule has 70 valence electrons. The summed E-state index contributed by atoms with van der Waals surface area (Å²) in [7, 11) is 0. The first-order valence-corrected chi connectivity index (χ1v) is 3.69. The molecule has 0 saturated heterocycles. The van der Waals surface area contributed by atoms with Crippen LogP contribution in [0.25, 0.3) is 0 Å². The first-order valence-electron chi connectivity index (χ1n) is 3.69. The van der Waals surface area contributed by atoms with Crippen molar-refractivity contribution in [2.24, 2.45) is 11.7 Å². The van der Waals surface area contributed by atoms with Gasteiger partial charge in [-0.25, -0.2) is 0 Å². The number of ether oxygens (including phenoxy) is 1. The van der Waals surface area contributed by atoms with Crippen molar-refractivity contribution in [2.75, 3.05) is 6.61 Å². The van der Waals surface area contributed by atoms with E-state index in [-0.39, 0.29) is 6.61 Å². The van der Waals surface area contributed by atoms with Gasteiger partial charge in [-0.2, -0.15) is 5.12 Å². The third-order valence-electron chi connectivity index (χ3n) is 1.36. The van der Waals surface area contributed by atoms with E-state index in [1.165, 1.54) is 6.08 Å². The van der Waals surface area contributed by atoms with Crippen LogP contribution in [0.1, 0.15) is 13.3 Å². The van der Waals surface area contributed by atoms with Gasteiger partial charge in [-0.1, -0.05) is 19.6 Å². The molecule has 0 fully saturated rings. The first-order chi connectivity index (χ1) is 5.63. The van der Waals surface area contributed by atoms with Crippen molar-refractivity contribution in [1.82, 2.24) is 5.12 Å². The van der Waals surface area contributed by atoms with Crippen molar-refractivity contribution in [3.05, 3.63) is 12.7 Å². The zero-order valence-electron chi connectivity index (χ0n) is 7.19. The van der Waals surface area contributed by atoms with Crippen LogP contribution in [-0.2, 0) is 9.53 Å². The van der Waals surface area contributed by atoms with E-state index < -0.39 is 12.0 Å². The van der Waals surface area contributed by atoms with Gasteiger partial charge in [0, 0.05) is 0 Å². The topological polar surface area (TPSA) is 81.6 Å². The molecule has 0 aromatic carbocycles. The van der Waals surface area contributed by atoms with Gasteiger partial charge in [-0.15, -0.1) is 0 Å². The summed E-state index contributed by atoms with van der Waals surface area (Å²) in [5.74, 6) is 9.98. The van der Waals surface area contributed by atoms with E-state index in [4.69, 9.17) is 16.4 Å². The molecule has 0 rings (SSSR count). The van der Waals surface area contributed by atoms with E-state index in [9.17, 15) is 4.79 Å². The number of hydrazine groups is 2. The Kier molecular flexibility index (Phi) is 5.27. The highest BCUT2D eigenvalue weighted by atomic mass is 16.5. The molecule has 1 atom stereocenters. The lowest BCUT2D eigenvalue weighted by molar-refractivity contribution is -0.149. The fourth-order valence-electron chi connectivity index (χ4n) is 0.736. The van der Waals surface area contributed by atoms with Crippen LogP contribution in [0.2, 0.25) is 0 Å². The van der Waals surface area contributed by atoms with Crippen molar-refractivity contribution < 1.29 is 9.53 Å². The average molecular weight is 173 g/mol. The number of esters is 1. The first kappa shape index (κ1) is 11.1. The fraction of sp³-hybridized carbons (Fsp3) is 0.571. The van der Waals surface area contributed by atoms with Crippen LogP contribution in [0.15, 0.2) is 12.7 Å². The van der Waals surface area contributed by atoms with Crippen molar-refractivity contribution >= 4 is 5.97 Å². The van der Waals surface area contributed by atoms with Crippen molar-refractivity contribution in [1.29, 1.82) is 0 Å². The number of nitrogens with zero attached hydrogens (tertiary/aromatic N) is 1. The molecule has 1 unspecified atom stereocenters. The summed E-state index contributed by atoms with van der Waals surface area (Å²) < 4.78 is 4.75. The van der Waals surface area contributed by atoms with Gasteiger partial charge in [-0.3, -0.25) is 16.5 Å². The minimum Gasteiger partial charge on any atom is -0.460 e. The molecule has 0 radical (unpaired) electrons. The van der Waals surface area contributed by atoms with E-state index >= 15 is 0 Å². The normalized spacial score (nSPS) is 12.7. The Morgan fingerprint density at radius 3 is 2.67 bits per heavy atom. The highest BCUT2D eigenvalue weighted by molar-refractivity contribution is 5.75. The molecule has 0 aromatic heterocycles. The summed E-state index contributed by atoms with van der Waals surface area (Å²) in [4.78, 5) is 11.1. The van der Waals surface area contributed by atoms with E-state index in [0.717, 1.165) is 5.12 Å².